The smallest absolute Gasteiger partial charge is 0.270 e. The maximum absolute atomic E-state index is 13.0. The third-order valence-electron chi connectivity index (χ3n) is 5.15. The monoisotopic (exact) mass is 458 g/mol. The Hall–Kier alpha value is -3.24. The highest BCUT2D eigenvalue weighted by Crippen LogP contribution is 2.29. The average molecular weight is 459 g/mol. The van der Waals surface area contributed by atoms with E-state index < -0.39 is 20.9 Å². The molecule has 32 heavy (non-hydrogen) atoms. The average Bonchev–Trinajstić information content (AvgIpc) is 2.79. The third kappa shape index (κ3) is 6.14. The summed E-state index contributed by atoms with van der Waals surface area (Å²) in [5, 5.41) is 14.0. The number of carbonyl (C=O) groups is 1. The van der Waals surface area contributed by atoms with Crippen molar-refractivity contribution in [3.63, 3.8) is 0 Å². The Kier molecular flexibility index (Phi) is 7.60. The number of nitrogens with one attached hydrogen (secondary N) is 2. The summed E-state index contributed by atoms with van der Waals surface area (Å²) < 4.78 is 26.4. The number of nitro groups is 1. The topological polar surface area (TPSA) is 122 Å². The second-order valence-corrected chi connectivity index (χ2v) is 9.36. The molecule has 0 saturated carbocycles. The zero-order chi connectivity index (χ0) is 23.1. The van der Waals surface area contributed by atoms with Gasteiger partial charge < -0.3 is 10.2 Å². The van der Waals surface area contributed by atoms with Crippen molar-refractivity contribution in [3.05, 3.63) is 76.4 Å². The first kappa shape index (κ1) is 23.4. The number of rotatable bonds is 9. The Labute approximate surface area is 187 Å². The standard InChI is InChI=1S/C22H26N4O5S/c1-2-12-23-32(30,31)16-17-6-8-18(9-7-17)24-22(27)20-15-19(26(28)29)10-11-21(20)25-13-4-3-5-14-25/h2,6-11,15,23H,1,3-5,12-14,16H2,(H,24,27). The molecule has 1 amide bonds. The first-order valence-corrected chi connectivity index (χ1v) is 12.0. The molecule has 0 bridgehead atoms. The van der Waals surface area contributed by atoms with Crippen molar-refractivity contribution < 1.29 is 18.1 Å². The van der Waals surface area contributed by atoms with Gasteiger partial charge in [-0.25, -0.2) is 13.1 Å². The lowest BCUT2D eigenvalue weighted by Crippen LogP contribution is -2.31. The van der Waals surface area contributed by atoms with E-state index in [9.17, 15) is 23.3 Å². The van der Waals surface area contributed by atoms with Gasteiger partial charge in [0.15, 0.2) is 0 Å². The van der Waals surface area contributed by atoms with Crippen LogP contribution in [0.1, 0.15) is 35.2 Å². The van der Waals surface area contributed by atoms with Gasteiger partial charge in [-0.15, -0.1) is 6.58 Å². The molecular formula is C22H26N4O5S. The fourth-order valence-electron chi connectivity index (χ4n) is 3.57. The predicted octanol–water partition coefficient (Wildman–Crippen LogP) is 3.44. The van der Waals surface area contributed by atoms with E-state index in [-0.39, 0.29) is 23.5 Å². The molecule has 0 aromatic heterocycles. The molecule has 0 aliphatic carbocycles. The van der Waals surface area contributed by atoms with Crippen LogP contribution in [0, 0.1) is 10.1 Å². The predicted molar refractivity (Wildman–Crippen MR) is 124 cm³/mol. The third-order valence-corrected chi connectivity index (χ3v) is 6.47. The van der Waals surface area contributed by atoms with E-state index in [2.05, 4.69) is 21.5 Å². The SMILES string of the molecule is C=CCNS(=O)(=O)Cc1ccc(NC(=O)c2cc([N+](=O)[O-])ccc2N2CCCCC2)cc1. The number of piperidine rings is 1. The number of benzene rings is 2. The van der Waals surface area contributed by atoms with Crippen LogP contribution in [-0.4, -0.2) is 38.9 Å². The lowest BCUT2D eigenvalue weighted by atomic mass is 10.1. The van der Waals surface area contributed by atoms with Crippen molar-refractivity contribution in [3.8, 4) is 0 Å². The minimum absolute atomic E-state index is 0.150. The molecule has 9 nitrogen and oxygen atoms in total. The summed E-state index contributed by atoms with van der Waals surface area (Å²) in [5.41, 5.74) is 1.78. The van der Waals surface area contributed by atoms with Gasteiger partial charge in [-0.3, -0.25) is 14.9 Å². The molecule has 170 valence electrons. The van der Waals surface area contributed by atoms with Crippen molar-refractivity contribution in [2.24, 2.45) is 0 Å². The number of non-ortho nitro benzene ring substituents is 1. The van der Waals surface area contributed by atoms with Gasteiger partial charge in [-0.1, -0.05) is 18.2 Å². The fourth-order valence-corrected chi connectivity index (χ4v) is 4.67. The van der Waals surface area contributed by atoms with Crippen LogP contribution in [-0.2, 0) is 15.8 Å². The molecule has 2 N–H and O–H groups in total. The van der Waals surface area contributed by atoms with Crippen molar-refractivity contribution in [2.75, 3.05) is 29.9 Å². The van der Waals surface area contributed by atoms with Gasteiger partial charge in [0.25, 0.3) is 11.6 Å². The van der Waals surface area contributed by atoms with Crippen LogP contribution in [0.4, 0.5) is 17.1 Å². The van der Waals surface area contributed by atoms with Crippen molar-refractivity contribution in [1.29, 1.82) is 0 Å². The van der Waals surface area contributed by atoms with Crippen LogP contribution in [0.15, 0.2) is 55.1 Å². The van der Waals surface area contributed by atoms with E-state index in [0.717, 1.165) is 32.4 Å². The number of hydrogen-bond donors (Lipinski definition) is 2. The molecule has 0 atom stereocenters. The van der Waals surface area contributed by atoms with E-state index >= 15 is 0 Å². The van der Waals surface area contributed by atoms with E-state index in [1.807, 2.05) is 0 Å². The summed E-state index contributed by atoms with van der Waals surface area (Å²) in [6.45, 7) is 5.22. The highest BCUT2D eigenvalue weighted by molar-refractivity contribution is 7.88. The Morgan fingerprint density at radius 2 is 1.81 bits per heavy atom. The summed E-state index contributed by atoms with van der Waals surface area (Å²) in [5.74, 6) is -0.652. The summed E-state index contributed by atoms with van der Waals surface area (Å²) >= 11 is 0. The molecule has 2 aromatic carbocycles. The van der Waals surface area contributed by atoms with Crippen molar-refractivity contribution >= 4 is 33.0 Å². The number of anilines is 2. The summed E-state index contributed by atoms with van der Waals surface area (Å²) in [6.07, 6.45) is 4.59. The highest BCUT2D eigenvalue weighted by Gasteiger charge is 2.22. The minimum atomic E-state index is -3.48. The highest BCUT2D eigenvalue weighted by atomic mass is 32.2. The lowest BCUT2D eigenvalue weighted by molar-refractivity contribution is -0.384. The molecule has 10 heteroatoms. The molecule has 1 heterocycles. The zero-order valence-electron chi connectivity index (χ0n) is 17.6. The number of amides is 1. The number of hydrogen-bond acceptors (Lipinski definition) is 6. The second-order valence-electron chi connectivity index (χ2n) is 7.55. The Balaban J connectivity index is 1.78. The summed E-state index contributed by atoms with van der Waals surface area (Å²) in [4.78, 5) is 25.8. The van der Waals surface area contributed by atoms with Gasteiger partial charge in [0.2, 0.25) is 10.0 Å². The second kappa shape index (κ2) is 10.4. The minimum Gasteiger partial charge on any atom is -0.371 e. The van der Waals surface area contributed by atoms with E-state index in [1.165, 1.54) is 18.2 Å². The first-order valence-electron chi connectivity index (χ1n) is 10.3. The van der Waals surface area contributed by atoms with Crippen molar-refractivity contribution in [2.45, 2.75) is 25.0 Å². The lowest BCUT2D eigenvalue weighted by Gasteiger charge is -2.30. The van der Waals surface area contributed by atoms with Gasteiger partial charge in [-0.2, -0.15) is 0 Å². The number of sulfonamides is 1. The van der Waals surface area contributed by atoms with E-state index in [4.69, 9.17) is 0 Å². The van der Waals surface area contributed by atoms with Gasteiger partial charge in [0.1, 0.15) is 0 Å². The normalized spacial score (nSPS) is 14.1. The van der Waals surface area contributed by atoms with Crippen LogP contribution in [0.25, 0.3) is 0 Å². The van der Waals surface area contributed by atoms with E-state index in [0.29, 0.717) is 16.9 Å². The molecule has 1 saturated heterocycles. The molecule has 0 radical (unpaired) electrons. The molecule has 1 aliphatic heterocycles. The largest absolute Gasteiger partial charge is 0.371 e. The van der Waals surface area contributed by atoms with Gasteiger partial charge in [0, 0.05) is 37.5 Å². The number of nitro benzene ring substituents is 1. The van der Waals surface area contributed by atoms with Gasteiger partial charge in [-0.05, 0) is 43.0 Å². The molecule has 1 fully saturated rings. The molecule has 0 spiro atoms. The molecular weight excluding hydrogens is 432 g/mol. The maximum atomic E-state index is 13.0. The zero-order valence-corrected chi connectivity index (χ0v) is 18.4. The first-order chi connectivity index (χ1) is 15.3. The van der Waals surface area contributed by atoms with Gasteiger partial charge >= 0.3 is 0 Å². The summed E-state index contributed by atoms with van der Waals surface area (Å²) in [6, 6.07) is 10.8. The quantitative estimate of drug-likeness (QED) is 0.337. The Bertz CT molecular complexity index is 1090. The van der Waals surface area contributed by atoms with E-state index in [1.54, 1.807) is 30.3 Å². The Morgan fingerprint density at radius 3 is 2.44 bits per heavy atom. The molecule has 3 rings (SSSR count). The van der Waals surface area contributed by atoms with Crippen LogP contribution in [0.2, 0.25) is 0 Å². The maximum Gasteiger partial charge on any atom is 0.270 e. The molecule has 1 aliphatic rings. The fraction of sp³-hybridized carbons (Fsp3) is 0.318. The van der Waals surface area contributed by atoms with Crippen LogP contribution in [0.3, 0.4) is 0 Å². The molecule has 2 aromatic rings. The van der Waals surface area contributed by atoms with Crippen molar-refractivity contribution in [1.82, 2.24) is 4.72 Å². The van der Waals surface area contributed by atoms with Crippen LogP contribution in [0.5, 0.6) is 0 Å². The number of carbonyl (C=O) groups excluding carboxylic acids is 1. The number of nitrogens with zero attached hydrogens (tertiary/aromatic N) is 2. The van der Waals surface area contributed by atoms with Crippen LogP contribution < -0.4 is 14.9 Å². The summed E-state index contributed by atoms with van der Waals surface area (Å²) in [7, 11) is -3.48. The molecule has 0 unspecified atom stereocenters. The van der Waals surface area contributed by atoms with Gasteiger partial charge in [0.05, 0.1) is 21.9 Å². The Morgan fingerprint density at radius 1 is 1.12 bits per heavy atom. The van der Waals surface area contributed by atoms with Crippen LogP contribution >= 0.6 is 0 Å².